The predicted octanol–water partition coefficient (Wildman–Crippen LogP) is 2.69. The van der Waals surface area contributed by atoms with E-state index in [4.69, 9.17) is 0 Å². The van der Waals surface area contributed by atoms with Gasteiger partial charge in [-0.2, -0.15) is 13.1 Å². The Kier molecular flexibility index (Phi) is 10.3. The van der Waals surface area contributed by atoms with E-state index in [1.54, 1.807) is 0 Å². The highest BCUT2D eigenvalue weighted by Crippen LogP contribution is 2.17. The maximum atomic E-state index is 11.8. The molecule has 1 heterocycles. The first-order valence-electron chi connectivity index (χ1n) is 5.32. The summed E-state index contributed by atoms with van der Waals surface area (Å²) in [5, 5.41) is 0. The van der Waals surface area contributed by atoms with E-state index in [2.05, 4.69) is 0 Å². The van der Waals surface area contributed by atoms with Gasteiger partial charge in [0, 0.05) is 13.1 Å². The first-order valence-corrected chi connectivity index (χ1v) is 6.82. The third-order valence-electron chi connectivity index (χ3n) is 1.65. The number of alkyl halides is 2. The fraction of sp³-hybridized carbons (Fsp3) is 1.00. The quantitative estimate of drug-likeness (QED) is 0.750. The van der Waals surface area contributed by atoms with Crippen molar-refractivity contribution in [3.63, 3.8) is 0 Å². The molecule has 15 heavy (non-hydrogen) atoms. The van der Waals surface area contributed by atoms with Crippen molar-refractivity contribution < 1.29 is 17.2 Å². The van der Waals surface area contributed by atoms with Crippen molar-refractivity contribution in [3.8, 4) is 0 Å². The molecule has 1 saturated heterocycles. The number of nitrogens with zero attached hydrogens (tertiary/aromatic N) is 1. The van der Waals surface area contributed by atoms with Crippen LogP contribution in [-0.2, 0) is 10.0 Å². The summed E-state index contributed by atoms with van der Waals surface area (Å²) >= 11 is 0. The van der Waals surface area contributed by atoms with Gasteiger partial charge in [-0.1, -0.05) is 27.7 Å². The Morgan fingerprint density at radius 3 is 1.60 bits per heavy atom. The summed E-state index contributed by atoms with van der Waals surface area (Å²) in [4.78, 5) is 0. The van der Waals surface area contributed by atoms with Crippen LogP contribution in [0.2, 0.25) is 0 Å². The molecular weight excluding hydrogens is 224 g/mol. The molecular formula is C9H21F2NO2S. The van der Waals surface area contributed by atoms with Gasteiger partial charge in [-0.15, -0.1) is 0 Å². The highest BCUT2D eigenvalue weighted by atomic mass is 32.2. The summed E-state index contributed by atoms with van der Waals surface area (Å²) in [6.07, 6.45) is 1.37. The van der Waals surface area contributed by atoms with E-state index < -0.39 is 15.8 Å². The normalized spacial score (nSPS) is 16.5. The molecule has 0 N–H and O–H groups in total. The molecule has 1 rings (SSSR count). The van der Waals surface area contributed by atoms with E-state index >= 15 is 0 Å². The third-order valence-corrected chi connectivity index (χ3v) is 3.19. The summed E-state index contributed by atoms with van der Waals surface area (Å²) in [5.41, 5.74) is 0. The maximum absolute atomic E-state index is 11.8. The first-order chi connectivity index (χ1) is 7.05. The average molecular weight is 245 g/mol. The van der Waals surface area contributed by atoms with E-state index in [9.17, 15) is 17.2 Å². The lowest BCUT2D eigenvalue weighted by molar-refractivity contribution is 0.222. The summed E-state index contributed by atoms with van der Waals surface area (Å²) in [6, 6.07) is 0. The Labute approximate surface area is 91.5 Å². The van der Waals surface area contributed by atoms with Crippen molar-refractivity contribution in [2.45, 2.75) is 46.3 Å². The number of hydrogen-bond donors (Lipinski definition) is 0. The Balaban J connectivity index is 0. The van der Waals surface area contributed by atoms with E-state index in [1.165, 1.54) is 0 Å². The number of hydrogen-bond acceptors (Lipinski definition) is 2. The summed E-state index contributed by atoms with van der Waals surface area (Å²) < 4.78 is 45.9. The molecule has 94 valence electrons. The van der Waals surface area contributed by atoms with Gasteiger partial charge >= 0.3 is 5.76 Å². The van der Waals surface area contributed by atoms with Gasteiger partial charge in [-0.25, -0.2) is 8.42 Å². The minimum absolute atomic E-state index is 0.243. The topological polar surface area (TPSA) is 37.4 Å². The highest BCUT2D eigenvalue weighted by molar-refractivity contribution is 7.89. The molecule has 1 fully saturated rings. The number of rotatable bonds is 2. The van der Waals surface area contributed by atoms with Crippen LogP contribution in [0.3, 0.4) is 0 Å². The van der Waals surface area contributed by atoms with Crippen LogP contribution in [-0.4, -0.2) is 31.6 Å². The van der Waals surface area contributed by atoms with Crippen molar-refractivity contribution in [1.82, 2.24) is 4.31 Å². The molecule has 6 heteroatoms. The second kappa shape index (κ2) is 9.03. The van der Waals surface area contributed by atoms with Crippen molar-refractivity contribution in [3.05, 3.63) is 0 Å². The van der Waals surface area contributed by atoms with Crippen LogP contribution in [0.15, 0.2) is 0 Å². The van der Waals surface area contributed by atoms with Crippen LogP contribution in [0.1, 0.15) is 40.5 Å². The van der Waals surface area contributed by atoms with Crippen molar-refractivity contribution in [2.75, 3.05) is 13.1 Å². The van der Waals surface area contributed by atoms with Crippen molar-refractivity contribution in [2.24, 2.45) is 0 Å². The fourth-order valence-corrected chi connectivity index (χ4v) is 2.05. The van der Waals surface area contributed by atoms with Gasteiger partial charge in [-0.3, -0.25) is 0 Å². The molecule has 0 aromatic rings. The molecule has 0 aromatic heterocycles. The summed E-state index contributed by atoms with van der Waals surface area (Å²) in [5.74, 6) is -3.26. The van der Waals surface area contributed by atoms with Gasteiger partial charge < -0.3 is 0 Å². The summed E-state index contributed by atoms with van der Waals surface area (Å²) in [7, 11) is -4.28. The lowest BCUT2D eigenvalue weighted by Crippen LogP contribution is -2.32. The average Bonchev–Trinajstić information content (AvgIpc) is 2.77. The van der Waals surface area contributed by atoms with Crippen LogP contribution >= 0.6 is 0 Å². The fourth-order valence-electron chi connectivity index (χ4n) is 1.06. The Morgan fingerprint density at radius 2 is 1.33 bits per heavy atom. The third kappa shape index (κ3) is 5.41. The molecule has 0 spiro atoms. The van der Waals surface area contributed by atoms with Crippen molar-refractivity contribution in [1.29, 1.82) is 0 Å². The molecule has 0 bridgehead atoms. The SMILES string of the molecule is CC.CC.O=S(=O)(C(F)F)N1CCCC1. The summed E-state index contributed by atoms with van der Waals surface area (Å²) in [6.45, 7) is 8.49. The lowest BCUT2D eigenvalue weighted by atomic mass is 10.4. The maximum Gasteiger partial charge on any atom is 0.350 e. The zero-order valence-electron chi connectivity index (χ0n) is 9.83. The Bertz CT molecular complexity index is 224. The number of halogens is 2. The van der Waals surface area contributed by atoms with Crippen LogP contribution in [0.25, 0.3) is 0 Å². The van der Waals surface area contributed by atoms with Crippen molar-refractivity contribution >= 4 is 10.0 Å². The lowest BCUT2D eigenvalue weighted by Gasteiger charge is -2.13. The second-order valence-corrected chi connectivity index (χ2v) is 4.31. The van der Waals surface area contributed by atoms with E-state index in [0.717, 1.165) is 4.31 Å². The van der Waals surface area contributed by atoms with Gasteiger partial charge in [0.2, 0.25) is 0 Å². The zero-order valence-corrected chi connectivity index (χ0v) is 10.7. The molecule has 0 unspecified atom stereocenters. The van der Waals surface area contributed by atoms with E-state index in [0.29, 0.717) is 12.8 Å². The van der Waals surface area contributed by atoms with Gasteiger partial charge in [0.1, 0.15) is 0 Å². The molecule has 0 atom stereocenters. The number of sulfonamides is 1. The van der Waals surface area contributed by atoms with Gasteiger partial charge in [-0.05, 0) is 12.8 Å². The Hall–Kier alpha value is -0.230. The smallest absolute Gasteiger partial charge is 0.206 e. The predicted molar refractivity (Wildman–Crippen MR) is 58.4 cm³/mol. The van der Waals surface area contributed by atoms with E-state index in [1.807, 2.05) is 27.7 Å². The molecule has 0 amide bonds. The molecule has 0 saturated carbocycles. The van der Waals surface area contributed by atoms with Crippen LogP contribution < -0.4 is 0 Å². The monoisotopic (exact) mass is 245 g/mol. The molecule has 0 aromatic carbocycles. The van der Waals surface area contributed by atoms with E-state index in [-0.39, 0.29) is 13.1 Å². The second-order valence-electron chi connectivity index (χ2n) is 2.41. The van der Waals surface area contributed by atoms with Crippen LogP contribution in [0.5, 0.6) is 0 Å². The van der Waals surface area contributed by atoms with Gasteiger partial charge in [0.25, 0.3) is 10.0 Å². The molecule has 1 aliphatic heterocycles. The molecule has 0 aliphatic carbocycles. The van der Waals surface area contributed by atoms with Gasteiger partial charge in [0.15, 0.2) is 0 Å². The van der Waals surface area contributed by atoms with Gasteiger partial charge in [0.05, 0.1) is 0 Å². The molecule has 1 aliphatic rings. The largest absolute Gasteiger partial charge is 0.350 e. The molecule has 0 radical (unpaired) electrons. The standard InChI is InChI=1S/C5H9F2NO2S.2C2H6/c6-5(7)11(9,10)8-3-1-2-4-8;2*1-2/h5H,1-4H2;2*1-2H3. The minimum Gasteiger partial charge on any atom is -0.206 e. The van der Waals surface area contributed by atoms with Crippen LogP contribution in [0.4, 0.5) is 8.78 Å². The zero-order chi connectivity index (χ0) is 12.5. The first kappa shape index (κ1) is 17.2. The Morgan fingerprint density at radius 1 is 1.00 bits per heavy atom. The van der Waals surface area contributed by atoms with Crippen LogP contribution in [0, 0.1) is 0 Å². The minimum atomic E-state index is -4.28. The highest BCUT2D eigenvalue weighted by Gasteiger charge is 2.33. The molecule has 3 nitrogen and oxygen atoms in total.